The lowest BCUT2D eigenvalue weighted by Crippen LogP contribution is -2.20. The lowest BCUT2D eigenvalue weighted by atomic mass is 9.95. The highest BCUT2D eigenvalue weighted by atomic mass is 35.5. The van der Waals surface area contributed by atoms with Crippen LogP contribution in [0.25, 0.3) is 10.8 Å². The van der Waals surface area contributed by atoms with Crippen LogP contribution in [0.2, 0.25) is 10.0 Å². The van der Waals surface area contributed by atoms with Crippen LogP contribution in [0.3, 0.4) is 0 Å². The number of hydrogen-bond donors (Lipinski definition) is 0. The molecule has 116 valence electrons. The highest BCUT2D eigenvalue weighted by Gasteiger charge is 2.36. The van der Waals surface area contributed by atoms with Gasteiger partial charge >= 0.3 is 11.9 Å². The summed E-state index contributed by atoms with van der Waals surface area (Å²) in [6.45, 7) is 0. The number of halogens is 2. The topological polar surface area (TPSA) is 130 Å². The van der Waals surface area contributed by atoms with Gasteiger partial charge in [0.25, 0.3) is 11.4 Å². The fraction of sp³-hybridized carbons (Fsp3) is 0. The molecule has 23 heavy (non-hydrogen) atoms. The van der Waals surface area contributed by atoms with Gasteiger partial charge < -0.3 is 4.74 Å². The highest BCUT2D eigenvalue weighted by Crippen LogP contribution is 2.45. The fourth-order valence-electron chi connectivity index (χ4n) is 2.31. The third kappa shape index (κ3) is 2.01. The van der Waals surface area contributed by atoms with Crippen LogP contribution in [0.5, 0.6) is 0 Å². The van der Waals surface area contributed by atoms with Gasteiger partial charge in [-0.15, -0.1) is 0 Å². The predicted molar refractivity (Wildman–Crippen MR) is 77.0 cm³/mol. The molecule has 2 aromatic rings. The van der Waals surface area contributed by atoms with E-state index in [0.717, 1.165) is 12.1 Å². The number of rotatable bonds is 2. The molecule has 0 N–H and O–H groups in total. The van der Waals surface area contributed by atoms with Crippen molar-refractivity contribution in [3.8, 4) is 0 Å². The molecule has 0 spiro atoms. The summed E-state index contributed by atoms with van der Waals surface area (Å²) in [5, 5.41) is 20.7. The normalized spacial score (nSPS) is 13.1. The number of hydrogen-bond acceptors (Lipinski definition) is 7. The zero-order valence-electron chi connectivity index (χ0n) is 10.7. The summed E-state index contributed by atoms with van der Waals surface area (Å²) in [6.07, 6.45) is 0. The molecule has 0 amide bonds. The zero-order chi connectivity index (χ0) is 17.0. The largest absolute Gasteiger partial charge is 0.386 e. The summed E-state index contributed by atoms with van der Waals surface area (Å²) in [7, 11) is 0. The number of cyclic esters (lactones) is 2. The molecule has 1 aliphatic rings. The molecule has 0 aromatic heterocycles. The van der Waals surface area contributed by atoms with Gasteiger partial charge in [0.15, 0.2) is 0 Å². The third-order valence-electron chi connectivity index (χ3n) is 3.26. The first-order chi connectivity index (χ1) is 10.7. The summed E-state index contributed by atoms with van der Waals surface area (Å²) in [4.78, 5) is 44.0. The van der Waals surface area contributed by atoms with E-state index in [1.165, 1.54) is 0 Å². The monoisotopic (exact) mass is 356 g/mol. The Hall–Kier alpha value is -2.78. The van der Waals surface area contributed by atoms with Crippen molar-refractivity contribution in [2.75, 3.05) is 0 Å². The molecule has 1 heterocycles. The Morgan fingerprint density at radius 1 is 0.826 bits per heavy atom. The lowest BCUT2D eigenvalue weighted by molar-refractivity contribution is -0.385. The first-order valence-corrected chi connectivity index (χ1v) is 6.53. The maximum atomic E-state index is 11.8. The molecule has 3 rings (SSSR count). The summed E-state index contributed by atoms with van der Waals surface area (Å²) in [5.41, 5.74) is -2.01. The van der Waals surface area contributed by atoms with Crippen molar-refractivity contribution in [1.29, 1.82) is 0 Å². The molecule has 11 heteroatoms. The molecule has 0 aliphatic carbocycles. The molecule has 0 atom stereocenters. The molecule has 0 radical (unpaired) electrons. The standard InChI is InChI=1S/C12H2Cl2N2O7/c13-9-5(15(19)20)1-3-7-4(12(18)23-11(3)17)2-6(16(21)22)10(14)8(7)9/h1-2H. The summed E-state index contributed by atoms with van der Waals surface area (Å²) < 4.78 is 4.44. The van der Waals surface area contributed by atoms with Crippen LogP contribution in [-0.2, 0) is 4.74 Å². The van der Waals surface area contributed by atoms with E-state index in [0.29, 0.717) is 0 Å². The van der Waals surface area contributed by atoms with Gasteiger partial charge in [0.1, 0.15) is 10.0 Å². The van der Waals surface area contributed by atoms with E-state index in [4.69, 9.17) is 23.2 Å². The minimum absolute atomic E-state index is 0.113. The number of ether oxygens (including phenoxy) is 1. The van der Waals surface area contributed by atoms with Crippen LogP contribution in [0, 0.1) is 20.2 Å². The lowest BCUT2D eigenvalue weighted by Gasteiger charge is -2.17. The minimum atomic E-state index is -1.13. The Balaban J connectivity index is 2.64. The first kappa shape index (κ1) is 15.1. The van der Waals surface area contributed by atoms with E-state index >= 15 is 0 Å². The smallest absolute Gasteiger partial charge is 0.346 e. The van der Waals surface area contributed by atoms with Crippen molar-refractivity contribution in [2.45, 2.75) is 0 Å². The first-order valence-electron chi connectivity index (χ1n) is 5.78. The Morgan fingerprint density at radius 2 is 1.22 bits per heavy atom. The van der Waals surface area contributed by atoms with Gasteiger partial charge in [-0.25, -0.2) is 9.59 Å². The molecular formula is C12H2Cl2N2O7. The maximum absolute atomic E-state index is 11.8. The molecule has 0 unspecified atom stereocenters. The van der Waals surface area contributed by atoms with E-state index in [9.17, 15) is 29.8 Å². The van der Waals surface area contributed by atoms with E-state index in [1.54, 1.807) is 0 Å². The van der Waals surface area contributed by atoms with Crippen molar-refractivity contribution in [2.24, 2.45) is 0 Å². The van der Waals surface area contributed by atoms with E-state index in [2.05, 4.69) is 4.74 Å². The van der Waals surface area contributed by atoms with Gasteiger partial charge in [-0.2, -0.15) is 0 Å². The summed E-state index contributed by atoms with van der Waals surface area (Å²) >= 11 is 11.9. The molecular weight excluding hydrogens is 355 g/mol. The number of benzene rings is 2. The summed E-state index contributed by atoms with van der Waals surface area (Å²) in [6, 6.07) is 1.68. The Morgan fingerprint density at radius 3 is 1.57 bits per heavy atom. The van der Waals surface area contributed by atoms with Crippen LogP contribution in [-0.4, -0.2) is 21.8 Å². The molecule has 1 aliphatic heterocycles. The summed E-state index contributed by atoms with van der Waals surface area (Å²) in [5.74, 6) is -2.26. The van der Waals surface area contributed by atoms with Crippen molar-refractivity contribution in [3.05, 3.63) is 53.5 Å². The SMILES string of the molecule is O=C1OC(=O)c2cc([N+](=O)[O-])c(Cl)c3c(Cl)c([N+](=O)[O-])cc1c23. The second-order valence-corrected chi connectivity index (χ2v) is 5.21. The van der Waals surface area contributed by atoms with Crippen molar-refractivity contribution >= 4 is 57.3 Å². The van der Waals surface area contributed by atoms with E-state index in [-0.39, 0.29) is 21.9 Å². The molecule has 2 aromatic carbocycles. The van der Waals surface area contributed by atoms with Crippen LogP contribution >= 0.6 is 23.2 Å². The van der Waals surface area contributed by atoms with Crippen molar-refractivity contribution < 1.29 is 24.2 Å². The van der Waals surface area contributed by atoms with Crippen LogP contribution in [0.4, 0.5) is 11.4 Å². The van der Waals surface area contributed by atoms with Crippen molar-refractivity contribution in [1.82, 2.24) is 0 Å². The minimum Gasteiger partial charge on any atom is -0.386 e. The van der Waals surface area contributed by atoms with E-state index < -0.39 is 43.2 Å². The Labute approximate surface area is 135 Å². The highest BCUT2D eigenvalue weighted by molar-refractivity contribution is 6.46. The predicted octanol–water partition coefficient (Wildman–Crippen LogP) is 3.27. The van der Waals surface area contributed by atoms with Crippen LogP contribution < -0.4 is 0 Å². The van der Waals surface area contributed by atoms with Gasteiger partial charge in [-0.1, -0.05) is 23.2 Å². The number of nitrogens with zero attached hydrogens (tertiary/aromatic N) is 2. The fourth-order valence-corrected chi connectivity index (χ4v) is 2.99. The Kier molecular flexibility index (Phi) is 3.20. The van der Waals surface area contributed by atoms with E-state index in [1.807, 2.05) is 0 Å². The third-order valence-corrected chi connectivity index (χ3v) is 4.02. The van der Waals surface area contributed by atoms with Crippen LogP contribution in [0.1, 0.15) is 20.7 Å². The van der Waals surface area contributed by atoms with Crippen molar-refractivity contribution in [3.63, 3.8) is 0 Å². The average molecular weight is 357 g/mol. The Bertz CT molecular complexity index is 897. The molecule has 0 fully saturated rings. The second-order valence-electron chi connectivity index (χ2n) is 4.46. The number of esters is 2. The second kappa shape index (κ2) is 4.86. The number of nitro groups is 2. The van der Waals surface area contributed by atoms with Gasteiger partial charge in [0, 0.05) is 22.9 Å². The number of carbonyl (C=O) groups is 2. The molecule has 0 bridgehead atoms. The van der Waals surface area contributed by atoms with Gasteiger partial charge in [0.2, 0.25) is 0 Å². The maximum Gasteiger partial charge on any atom is 0.346 e. The molecule has 0 saturated heterocycles. The van der Waals surface area contributed by atoms with Gasteiger partial charge in [0.05, 0.1) is 21.0 Å². The van der Waals surface area contributed by atoms with Gasteiger partial charge in [-0.05, 0) is 0 Å². The average Bonchev–Trinajstić information content (AvgIpc) is 2.45. The van der Waals surface area contributed by atoms with Gasteiger partial charge in [-0.3, -0.25) is 20.2 Å². The zero-order valence-corrected chi connectivity index (χ0v) is 12.2. The quantitative estimate of drug-likeness (QED) is 0.349. The number of carbonyl (C=O) groups excluding carboxylic acids is 2. The molecule has 9 nitrogen and oxygen atoms in total. The van der Waals surface area contributed by atoms with Crippen LogP contribution in [0.15, 0.2) is 12.1 Å². The number of nitro benzene ring substituents is 2. The molecule has 0 saturated carbocycles.